The van der Waals surface area contributed by atoms with Crippen LogP contribution in [0.4, 0.5) is 11.4 Å². The highest BCUT2D eigenvalue weighted by atomic mass is 79.9. The van der Waals surface area contributed by atoms with E-state index in [0.29, 0.717) is 12.1 Å². The van der Waals surface area contributed by atoms with E-state index >= 15 is 0 Å². The SMILES string of the molecule is O=[N+]([O-])c1cc(Br)ccc1N1CCCC1C1CCCN1. The lowest BCUT2D eigenvalue weighted by atomic mass is 10.0. The van der Waals surface area contributed by atoms with Crippen LogP contribution in [0.2, 0.25) is 0 Å². The molecule has 20 heavy (non-hydrogen) atoms. The number of benzene rings is 1. The smallest absolute Gasteiger partial charge is 0.293 e. The van der Waals surface area contributed by atoms with Crippen LogP contribution in [-0.4, -0.2) is 30.1 Å². The quantitative estimate of drug-likeness (QED) is 0.679. The number of rotatable bonds is 3. The van der Waals surface area contributed by atoms with Crippen molar-refractivity contribution in [2.75, 3.05) is 18.0 Å². The Morgan fingerprint density at radius 3 is 2.90 bits per heavy atom. The Morgan fingerprint density at radius 1 is 1.35 bits per heavy atom. The fourth-order valence-electron chi connectivity index (χ4n) is 3.44. The van der Waals surface area contributed by atoms with Crippen molar-refractivity contribution in [3.8, 4) is 0 Å². The summed E-state index contributed by atoms with van der Waals surface area (Å²) in [5, 5.41) is 14.8. The molecule has 5 nitrogen and oxygen atoms in total. The van der Waals surface area contributed by atoms with E-state index in [1.54, 1.807) is 6.07 Å². The Hall–Kier alpha value is -1.14. The van der Waals surface area contributed by atoms with Crippen LogP contribution in [0.5, 0.6) is 0 Å². The molecule has 2 aliphatic rings. The molecule has 0 spiro atoms. The van der Waals surface area contributed by atoms with Gasteiger partial charge in [-0.1, -0.05) is 15.9 Å². The molecular weight excluding hydrogens is 322 g/mol. The van der Waals surface area contributed by atoms with E-state index in [4.69, 9.17) is 0 Å². The summed E-state index contributed by atoms with van der Waals surface area (Å²) in [5.41, 5.74) is 0.957. The summed E-state index contributed by atoms with van der Waals surface area (Å²) in [6.45, 7) is 1.97. The van der Waals surface area contributed by atoms with Gasteiger partial charge in [0.1, 0.15) is 5.69 Å². The summed E-state index contributed by atoms with van der Waals surface area (Å²) in [6, 6.07) is 6.22. The van der Waals surface area contributed by atoms with E-state index < -0.39 is 0 Å². The van der Waals surface area contributed by atoms with E-state index in [2.05, 4.69) is 26.1 Å². The van der Waals surface area contributed by atoms with E-state index in [1.807, 2.05) is 12.1 Å². The Morgan fingerprint density at radius 2 is 2.20 bits per heavy atom. The zero-order chi connectivity index (χ0) is 14.1. The van der Waals surface area contributed by atoms with Crippen molar-refractivity contribution in [2.24, 2.45) is 0 Å². The van der Waals surface area contributed by atoms with Gasteiger partial charge in [0.25, 0.3) is 5.69 Å². The lowest BCUT2D eigenvalue weighted by molar-refractivity contribution is -0.384. The molecule has 6 heteroatoms. The van der Waals surface area contributed by atoms with Crippen LogP contribution < -0.4 is 10.2 Å². The predicted molar refractivity (Wildman–Crippen MR) is 82.2 cm³/mol. The van der Waals surface area contributed by atoms with Gasteiger partial charge in [-0.15, -0.1) is 0 Å². The molecule has 2 atom stereocenters. The van der Waals surface area contributed by atoms with Crippen molar-refractivity contribution in [3.05, 3.63) is 32.8 Å². The molecule has 1 N–H and O–H groups in total. The lowest BCUT2D eigenvalue weighted by Crippen LogP contribution is -2.44. The minimum Gasteiger partial charge on any atom is -0.361 e. The van der Waals surface area contributed by atoms with Gasteiger partial charge in [0, 0.05) is 29.2 Å². The second-order valence-electron chi connectivity index (χ2n) is 5.50. The van der Waals surface area contributed by atoms with Crippen LogP contribution >= 0.6 is 15.9 Å². The molecule has 2 fully saturated rings. The third-order valence-electron chi connectivity index (χ3n) is 4.31. The van der Waals surface area contributed by atoms with Gasteiger partial charge in [-0.05, 0) is 44.4 Å². The summed E-state index contributed by atoms with van der Waals surface area (Å²) in [4.78, 5) is 13.3. The molecule has 2 heterocycles. The maximum Gasteiger partial charge on any atom is 0.293 e. The lowest BCUT2D eigenvalue weighted by Gasteiger charge is -2.31. The van der Waals surface area contributed by atoms with Crippen LogP contribution in [-0.2, 0) is 0 Å². The molecule has 3 rings (SSSR count). The van der Waals surface area contributed by atoms with Gasteiger partial charge in [-0.3, -0.25) is 10.1 Å². The highest BCUT2D eigenvalue weighted by molar-refractivity contribution is 9.10. The van der Waals surface area contributed by atoms with Gasteiger partial charge in [0.2, 0.25) is 0 Å². The fourth-order valence-corrected chi connectivity index (χ4v) is 3.78. The van der Waals surface area contributed by atoms with Crippen LogP contribution in [0.3, 0.4) is 0 Å². The minimum atomic E-state index is -0.280. The summed E-state index contributed by atoms with van der Waals surface area (Å²) >= 11 is 3.32. The maximum atomic E-state index is 11.3. The van der Waals surface area contributed by atoms with Gasteiger partial charge in [-0.2, -0.15) is 0 Å². The molecule has 2 unspecified atom stereocenters. The minimum absolute atomic E-state index is 0.198. The van der Waals surface area contributed by atoms with Crippen molar-refractivity contribution in [1.82, 2.24) is 5.32 Å². The summed E-state index contributed by atoms with van der Waals surface area (Å²) in [7, 11) is 0. The molecule has 1 aromatic carbocycles. The highest BCUT2D eigenvalue weighted by Crippen LogP contribution is 2.37. The predicted octanol–water partition coefficient (Wildman–Crippen LogP) is 3.08. The Labute approximate surface area is 126 Å². The van der Waals surface area contributed by atoms with Gasteiger partial charge in [0.05, 0.1) is 4.92 Å². The number of hydrogen-bond donors (Lipinski definition) is 1. The largest absolute Gasteiger partial charge is 0.361 e. The van der Waals surface area contributed by atoms with E-state index in [9.17, 15) is 10.1 Å². The molecule has 2 saturated heterocycles. The molecule has 1 aromatic rings. The second kappa shape index (κ2) is 5.69. The van der Waals surface area contributed by atoms with Crippen molar-refractivity contribution >= 4 is 27.3 Å². The molecule has 0 aliphatic carbocycles. The van der Waals surface area contributed by atoms with Crippen molar-refractivity contribution in [3.63, 3.8) is 0 Å². The normalized spacial score (nSPS) is 26.1. The van der Waals surface area contributed by atoms with Gasteiger partial charge >= 0.3 is 0 Å². The number of nitro groups is 1. The van der Waals surface area contributed by atoms with Gasteiger partial charge in [0.15, 0.2) is 0 Å². The van der Waals surface area contributed by atoms with Gasteiger partial charge < -0.3 is 10.2 Å². The van der Waals surface area contributed by atoms with Crippen LogP contribution in [0, 0.1) is 10.1 Å². The molecule has 0 bridgehead atoms. The molecule has 0 amide bonds. The Bertz CT molecular complexity index is 517. The average molecular weight is 340 g/mol. The Kier molecular flexibility index (Phi) is 3.94. The fraction of sp³-hybridized carbons (Fsp3) is 0.571. The van der Waals surface area contributed by atoms with E-state index in [1.165, 1.54) is 12.8 Å². The molecule has 108 valence electrons. The molecular formula is C14H18BrN3O2. The number of nitro benzene ring substituents is 1. The first-order chi connectivity index (χ1) is 9.66. The van der Waals surface area contributed by atoms with E-state index in [-0.39, 0.29) is 10.6 Å². The first-order valence-electron chi connectivity index (χ1n) is 7.11. The standard InChI is InChI=1S/C14H18BrN3O2/c15-10-5-6-13(14(9-10)18(19)20)17-8-2-4-12(17)11-3-1-7-16-11/h5-6,9,11-12,16H,1-4,7-8H2. The first-order valence-corrected chi connectivity index (χ1v) is 7.90. The highest BCUT2D eigenvalue weighted by Gasteiger charge is 2.35. The zero-order valence-electron chi connectivity index (χ0n) is 11.2. The van der Waals surface area contributed by atoms with Crippen molar-refractivity contribution in [2.45, 2.75) is 37.8 Å². The second-order valence-corrected chi connectivity index (χ2v) is 6.41. The number of nitrogens with one attached hydrogen (secondary N) is 1. The molecule has 0 radical (unpaired) electrons. The summed E-state index contributed by atoms with van der Waals surface area (Å²) < 4.78 is 0.752. The third-order valence-corrected chi connectivity index (χ3v) is 4.80. The van der Waals surface area contributed by atoms with Crippen LogP contribution in [0.15, 0.2) is 22.7 Å². The monoisotopic (exact) mass is 339 g/mol. The summed E-state index contributed by atoms with van der Waals surface area (Å²) in [6.07, 6.45) is 4.60. The topological polar surface area (TPSA) is 58.4 Å². The number of hydrogen-bond acceptors (Lipinski definition) is 4. The van der Waals surface area contributed by atoms with Crippen molar-refractivity contribution < 1.29 is 4.92 Å². The first kappa shape index (κ1) is 13.8. The Balaban J connectivity index is 1.92. The summed E-state index contributed by atoms with van der Waals surface area (Å²) in [5.74, 6) is 0. The average Bonchev–Trinajstić information content (AvgIpc) is 3.09. The zero-order valence-corrected chi connectivity index (χ0v) is 12.8. The van der Waals surface area contributed by atoms with Crippen LogP contribution in [0.25, 0.3) is 0 Å². The number of halogens is 1. The van der Waals surface area contributed by atoms with Crippen molar-refractivity contribution in [1.29, 1.82) is 0 Å². The molecule has 0 aromatic heterocycles. The third kappa shape index (κ3) is 2.54. The van der Waals surface area contributed by atoms with E-state index in [0.717, 1.165) is 36.1 Å². The molecule has 2 aliphatic heterocycles. The van der Waals surface area contributed by atoms with Gasteiger partial charge in [-0.25, -0.2) is 0 Å². The number of nitrogens with zero attached hydrogens (tertiary/aromatic N) is 2. The number of anilines is 1. The molecule has 0 saturated carbocycles. The van der Waals surface area contributed by atoms with Crippen LogP contribution in [0.1, 0.15) is 25.7 Å². The maximum absolute atomic E-state index is 11.3.